The monoisotopic (exact) mass is 345 g/mol. The molecule has 23 heavy (non-hydrogen) atoms. The first-order valence-electron chi connectivity index (χ1n) is 6.50. The van der Waals surface area contributed by atoms with Gasteiger partial charge >= 0.3 is 0 Å². The van der Waals surface area contributed by atoms with Crippen molar-refractivity contribution >= 4 is 36.7 Å². The number of hydrogen-bond donors (Lipinski definition) is 1. The lowest BCUT2D eigenvalue weighted by Crippen LogP contribution is -2.12. The third-order valence-electron chi connectivity index (χ3n) is 3.10. The maximum absolute atomic E-state index is 12.4. The van der Waals surface area contributed by atoms with Crippen LogP contribution in [-0.2, 0) is 10.0 Å². The van der Waals surface area contributed by atoms with Crippen LogP contribution in [0.5, 0.6) is 5.75 Å². The summed E-state index contributed by atoms with van der Waals surface area (Å²) in [6.45, 7) is 0. The lowest BCUT2D eigenvalue weighted by atomic mass is 10.2. The van der Waals surface area contributed by atoms with E-state index in [-0.39, 0.29) is 15.6 Å². The highest BCUT2D eigenvalue weighted by atomic mass is 32.2. The lowest BCUT2D eigenvalue weighted by Gasteiger charge is -2.04. The standard InChI is InChI=1S/C15H11N3O3S2/c1-21-12-6-3-7-13-14(12)17-15(22-13)18-23(19,20)11-5-2-4-10(8-11)9-16/h2-8H,1H3,(H,17,18). The third-order valence-corrected chi connectivity index (χ3v) is 5.50. The van der Waals surface area contributed by atoms with Crippen LogP contribution in [0.25, 0.3) is 10.2 Å². The summed E-state index contributed by atoms with van der Waals surface area (Å²) in [6, 6.07) is 13.1. The van der Waals surface area contributed by atoms with Crippen LogP contribution in [0.2, 0.25) is 0 Å². The minimum atomic E-state index is -3.81. The number of nitriles is 1. The van der Waals surface area contributed by atoms with Gasteiger partial charge in [0.25, 0.3) is 10.0 Å². The highest BCUT2D eigenvalue weighted by molar-refractivity contribution is 7.93. The fraction of sp³-hybridized carbons (Fsp3) is 0.0667. The van der Waals surface area contributed by atoms with Crippen molar-refractivity contribution in [2.24, 2.45) is 0 Å². The zero-order valence-electron chi connectivity index (χ0n) is 12.0. The van der Waals surface area contributed by atoms with Crippen LogP contribution in [0.15, 0.2) is 47.4 Å². The van der Waals surface area contributed by atoms with Gasteiger partial charge in [-0.1, -0.05) is 23.5 Å². The van der Waals surface area contributed by atoms with E-state index in [1.54, 1.807) is 12.1 Å². The van der Waals surface area contributed by atoms with Gasteiger partial charge in [0, 0.05) is 0 Å². The average molecular weight is 345 g/mol. The maximum Gasteiger partial charge on any atom is 0.263 e. The van der Waals surface area contributed by atoms with Gasteiger partial charge in [-0.15, -0.1) is 0 Å². The van der Waals surface area contributed by atoms with Gasteiger partial charge < -0.3 is 4.74 Å². The van der Waals surface area contributed by atoms with Gasteiger partial charge in [-0.05, 0) is 30.3 Å². The van der Waals surface area contributed by atoms with E-state index in [1.807, 2.05) is 18.2 Å². The molecule has 0 aliphatic rings. The van der Waals surface area contributed by atoms with Crippen LogP contribution in [0.4, 0.5) is 5.13 Å². The number of fused-ring (bicyclic) bond motifs is 1. The molecule has 0 saturated carbocycles. The van der Waals surface area contributed by atoms with E-state index in [1.165, 1.54) is 36.6 Å². The van der Waals surface area contributed by atoms with Crippen molar-refractivity contribution in [1.29, 1.82) is 5.26 Å². The summed E-state index contributed by atoms with van der Waals surface area (Å²) in [5, 5.41) is 9.12. The smallest absolute Gasteiger partial charge is 0.263 e. The van der Waals surface area contributed by atoms with Gasteiger partial charge in [-0.2, -0.15) is 5.26 Å². The molecule has 8 heteroatoms. The Morgan fingerprint density at radius 1 is 1.26 bits per heavy atom. The van der Waals surface area contributed by atoms with Gasteiger partial charge in [-0.25, -0.2) is 13.4 Å². The number of aromatic nitrogens is 1. The normalized spacial score (nSPS) is 11.1. The summed E-state index contributed by atoms with van der Waals surface area (Å²) in [5.74, 6) is 0.579. The number of sulfonamides is 1. The van der Waals surface area contributed by atoms with E-state index >= 15 is 0 Å². The number of benzene rings is 2. The molecule has 1 heterocycles. The predicted molar refractivity (Wildman–Crippen MR) is 88.1 cm³/mol. The Labute approximate surface area is 137 Å². The molecule has 3 rings (SSSR count). The number of para-hydroxylation sites is 1. The Balaban J connectivity index is 1.99. The molecular formula is C15H11N3O3S2. The summed E-state index contributed by atoms with van der Waals surface area (Å²) in [4.78, 5) is 4.29. The molecule has 116 valence electrons. The Morgan fingerprint density at radius 3 is 2.78 bits per heavy atom. The van der Waals surface area contributed by atoms with Crippen LogP contribution >= 0.6 is 11.3 Å². The minimum absolute atomic E-state index is 0.0165. The fourth-order valence-corrected chi connectivity index (χ4v) is 4.20. The van der Waals surface area contributed by atoms with E-state index in [0.29, 0.717) is 11.3 Å². The summed E-state index contributed by atoms with van der Waals surface area (Å²) < 4.78 is 33.3. The molecule has 1 aromatic heterocycles. The SMILES string of the molecule is COc1cccc2sc(NS(=O)(=O)c3cccc(C#N)c3)nc12. The second kappa shape index (κ2) is 5.87. The van der Waals surface area contributed by atoms with Crippen molar-refractivity contribution in [2.75, 3.05) is 11.8 Å². The van der Waals surface area contributed by atoms with Gasteiger partial charge in [0.15, 0.2) is 5.13 Å². The summed E-state index contributed by atoms with van der Waals surface area (Å²) >= 11 is 1.21. The van der Waals surface area contributed by atoms with Gasteiger partial charge in [0.05, 0.1) is 28.3 Å². The number of anilines is 1. The van der Waals surface area contributed by atoms with Crippen LogP contribution in [0, 0.1) is 11.3 Å². The van der Waals surface area contributed by atoms with E-state index in [4.69, 9.17) is 10.00 Å². The molecule has 0 atom stereocenters. The Hall–Kier alpha value is -2.63. The molecule has 0 unspecified atom stereocenters. The van der Waals surface area contributed by atoms with Crippen LogP contribution in [0.3, 0.4) is 0 Å². The molecule has 0 aliphatic heterocycles. The minimum Gasteiger partial charge on any atom is -0.494 e. The first-order chi connectivity index (χ1) is 11.0. The second-order valence-electron chi connectivity index (χ2n) is 4.57. The molecule has 0 saturated heterocycles. The molecule has 3 aromatic rings. The zero-order chi connectivity index (χ0) is 16.4. The number of rotatable bonds is 4. The number of nitrogens with zero attached hydrogens (tertiary/aromatic N) is 2. The van der Waals surface area contributed by atoms with Crippen LogP contribution in [-0.4, -0.2) is 20.5 Å². The predicted octanol–water partition coefficient (Wildman–Crippen LogP) is 2.98. The number of ether oxygens (including phenoxy) is 1. The second-order valence-corrected chi connectivity index (χ2v) is 7.28. The molecule has 0 aliphatic carbocycles. The molecule has 0 radical (unpaired) electrons. The maximum atomic E-state index is 12.4. The Morgan fingerprint density at radius 2 is 2.04 bits per heavy atom. The largest absolute Gasteiger partial charge is 0.494 e. The first-order valence-corrected chi connectivity index (χ1v) is 8.80. The van der Waals surface area contributed by atoms with E-state index in [0.717, 1.165) is 4.70 Å². The van der Waals surface area contributed by atoms with Crippen molar-refractivity contribution in [3.8, 4) is 11.8 Å². The highest BCUT2D eigenvalue weighted by Crippen LogP contribution is 2.33. The summed E-state index contributed by atoms with van der Waals surface area (Å²) in [6.07, 6.45) is 0. The topological polar surface area (TPSA) is 92.1 Å². The van der Waals surface area contributed by atoms with Crippen molar-refractivity contribution < 1.29 is 13.2 Å². The Bertz CT molecular complexity index is 1020. The molecule has 0 amide bonds. The fourth-order valence-electron chi connectivity index (χ4n) is 2.04. The van der Waals surface area contributed by atoms with E-state index in [9.17, 15) is 8.42 Å². The molecule has 0 fully saturated rings. The lowest BCUT2D eigenvalue weighted by molar-refractivity contribution is 0.419. The highest BCUT2D eigenvalue weighted by Gasteiger charge is 2.18. The molecular weight excluding hydrogens is 334 g/mol. The van der Waals surface area contributed by atoms with Crippen molar-refractivity contribution in [1.82, 2.24) is 4.98 Å². The van der Waals surface area contributed by atoms with Gasteiger partial charge in [0.1, 0.15) is 11.3 Å². The molecule has 2 aromatic carbocycles. The van der Waals surface area contributed by atoms with Crippen molar-refractivity contribution in [3.63, 3.8) is 0 Å². The number of thiazole rings is 1. The van der Waals surface area contributed by atoms with Crippen LogP contribution in [0.1, 0.15) is 5.56 Å². The zero-order valence-corrected chi connectivity index (χ0v) is 13.6. The number of methoxy groups -OCH3 is 1. The third kappa shape index (κ3) is 2.97. The Kier molecular flexibility index (Phi) is 3.90. The average Bonchev–Trinajstić information content (AvgIpc) is 2.96. The van der Waals surface area contributed by atoms with Crippen LogP contribution < -0.4 is 9.46 Å². The quantitative estimate of drug-likeness (QED) is 0.785. The number of nitrogens with one attached hydrogen (secondary N) is 1. The van der Waals surface area contributed by atoms with Gasteiger partial charge in [-0.3, -0.25) is 4.72 Å². The molecule has 0 spiro atoms. The molecule has 1 N–H and O–H groups in total. The molecule has 0 bridgehead atoms. The van der Waals surface area contributed by atoms with Crippen molar-refractivity contribution in [2.45, 2.75) is 4.90 Å². The summed E-state index contributed by atoms with van der Waals surface area (Å²) in [7, 11) is -2.27. The van der Waals surface area contributed by atoms with E-state index < -0.39 is 10.0 Å². The molecule has 6 nitrogen and oxygen atoms in total. The summed E-state index contributed by atoms with van der Waals surface area (Å²) in [5.41, 5.74) is 0.877. The number of hydrogen-bond acceptors (Lipinski definition) is 6. The first kappa shape index (κ1) is 15.3. The van der Waals surface area contributed by atoms with Gasteiger partial charge in [0.2, 0.25) is 0 Å². The van der Waals surface area contributed by atoms with E-state index in [2.05, 4.69) is 9.71 Å². The van der Waals surface area contributed by atoms with Crippen molar-refractivity contribution in [3.05, 3.63) is 48.0 Å².